The van der Waals surface area contributed by atoms with Crippen LogP contribution in [0.3, 0.4) is 0 Å². The van der Waals surface area contributed by atoms with Crippen LogP contribution in [0.15, 0.2) is 24.3 Å². The van der Waals surface area contributed by atoms with Crippen molar-refractivity contribution in [1.29, 1.82) is 0 Å². The molecule has 0 saturated carbocycles. The molecular weight excluding hydrogens is 246 g/mol. The van der Waals surface area contributed by atoms with Crippen molar-refractivity contribution in [2.45, 2.75) is 59.9 Å². The van der Waals surface area contributed by atoms with Gasteiger partial charge in [0.1, 0.15) is 12.4 Å². The van der Waals surface area contributed by atoms with Crippen molar-refractivity contribution in [2.75, 3.05) is 13.2 Å². The number of hydrogen-bond acceptors (Lipinski definition) is 2. The first-order valence-electron chi connectivity index (χ1n) is 7.92. The van der Waals surface area contributed by atoms with Gasteiger partial charge in [0, 0.05) is 6.04 Å². The molecule has 2 heteroatoms. The lowest BCUT2D eigenvalue weighted by Crippen LogP contribution is -2.45. The lowest BCUT2D eigenvalue weighted by atomic mass is 9.87. The summed E-state index contributed by atoms with van der Waals surface area (Å²) < 4.78 is 5.96. The van der Waals surface area contributed by atoms with Crippen LogP contribution >= 0.6 is 0 Å². The second kappa shape index (κ2) is 8.31. The SMILES string of the molecule is CCCNC(COc1ccc(CCC)cc1)C(C)(C)C. The van der Waals surface area contributed by atoms with Crippen LogP contribution < -0.4 is 10.1 Å². The van der Waals surface area contributed by atoms with Gasteiger partial charge in [0.25, 0.3) is 0 Å². The number of rotatable bonds is 8. The van der Waals surface area contributed by atoms with Crippen molar-refractivity contribution in [2.24, 2.45) is 5.41 Å². The molecule has 2 nitrogen and oxygen atoms in total. The minimum Gasteiger partial charge on any atom is -0.492 e. The first-order valence-corrected chi connectivity index (χ1v) is 7.92. The standard InChI is InChI=1S/C18H31NO/c1-6-8-15-9-11-16(12-10-15)20-14-17(18(3,4)5)19-13-7-2/h9-12,17,19H,6-8,13-14H2,1-5H3. The maximum absolute atomic E-state index is 5.96. The molecule has 20 heavy (non-hydrogen) atoms. The van der Waals surface area contributed by atoms with Crippen molar-refractivity contribution in [1.82, 2.24) is 5.32 Å². The van der Waals surface area contributed by atoms with Crippen molar-refractivity contribution < 1.29 is 4.74 Å². The third-order valence-electron chi connectivity index (χ3n) is 3.56. The molecule has 1 aromatic carbocycles. The molecule has 0 saturated heterocycles. The Hall–Kier alpha value is -1.02. The van der Waals surface area contributed by atoms with Gasteiger partial charge in [-0.2, -0.15) is 0 Å². The van der Waals surface area contributed by atoms with E-state index < -0.39 is 0 Å². The summed E-state index contributed by atoms with van der Waals surface area (Å²) in [6.45, 7) is 12.9. The minimum atomic E-state index is 0.206. The predicted molar refractivity (Wildman–Crippen MR) is 87.5 cm³/mol. The van der Waals surface area contributed by atoms with E-state index in [-0.39, 0.29) is 5.41 Å². The Morgan fingerprint density at radius 2 is 1.70 bits per heavy atom. The van der Waals surface area contributed by atoms with Gasteiger partial charge in [-0.3, -0.25) is 0 Å². The molecule has 1 aromatic rings. The third-order valence-corrected chi connectivity index (χ3v) is 3.56. The molecule has 0 aliphatic rings. The quantitative estimate of drug-likeness (QED) is 0.759. The summed E-state index contributed by atoms with van der Waals surface area (Å²) in [5.41, 5.74) is 1.59. The maximum atomic E-state index is 5.96. The van der Waals surface area contributed by atoms with E-state index in [2.05, 4.69) is 64.2 Å². The maximum Gasteiger partial charge on any atom is 0.119 e. The molecule has 0 aliphatic heterocycles. The Bertz CT molecular complexity index is 364. The third kappa shape index (κ3) is 5.96. The Balaban J connectivity index is 2.53. The largest absolute Gasteiger partial charge is 0.492 e. The van der Waals surface area contributed by atoms with Crippen molar-refractivity contribution in [3.05, 3.63) is 29.8 Å². The topological polar surface area (TPSA) is 21.3 Å². The average molecular weight is 277 g/mol. The van der Waals surface area contributed by atoms with Crippen LogP contribution in [0.5, 0.6) is 5.75 Å². The molecule has 0 radical (unpaired) electrons. The molecule has 1 atom stereocenters. The van der Waals surface area contributed by atoms with Gasteiger partial charge in [-0.15, -0.1) is 0 Å². The van der Waals surface area contributed by atoms with E-state index in [0.717, 1.165) is 31.7 Å². The molecule has 0 fully saturated rings. The van der Waals surface area contributed by atoms with E-state index in [1.54, 1.807) is 0 Å². The van der Waals surface area contributed by atoms with Gasteiger partial charge in [0.05, 0.1) is 0 Å². The van der Waals surface area contributed by atoms with Gasteiger partial charge in [-0.05, 0) is 42.5 Å². The van der Waals surface area contributed by atoms with Crippen LogP contribution in [-0.4, -0.2) is 19.2 Å². The number of nitrogens with one attached hydrogen (secondary N) is 1. The highest BCUT2D eigenvalue weighted by Crippen LogP contribution is 2.21. The van der Waals surface area contributed by atoms with Crippen LogP contribution in [0.1, 0.15) is 53.0 Å². The number of hydrogen-bond donors (Lipinski definition) is 1. The zero-order chi connectivity index (χ0) is 15.0. The molecule has 0 aromatic heterocycles. The Kier molecular flexibility index (Phi) is 7.08. The minimum absolute atomic E-state index is 0.206. The molecule has 1 unspecified atom stereocenters. The molecule has 1 rings (SSSR count). The molecule has 0 aliphatic carbocycles. The Morgan fingerprint density at radius 1 is 1.05 bits per heavy atom. The fourth-order valence-corrected chi connectivity index (χ4v) is 2.15. The first kappa shape index (κ1) is 17.0. The smallest absolute Gasteiger partial charge is 0.119 e. The van der Waals surface area contributed by atoms with E-state index in [9.17, 15) is 0 Å². The summed E-state index contributed by atoms with van der Waals surface area (Å²) in [4.78, 5) is 0. The van der Waals surface area contributed by atoms with Crippen LogP contribution in [0, 0.1) is 5.41 Å². The molecule has 0 bridgehead atoms. The highest BCUT2D eigenvalue weighted by Gasteiger charge is 2.24. The van der Waals surface area contributed by atoms with E-state index >= 15 is 0 Å². The second-order valence-electron chi connectivity index (χ2n) is 6.58. The number of ether oxygens (including phenoxy) is 1. The summed E-state index contributed by atoms with van der Waals surface area (Å²) in [7, 11) is 0. The summed E-state index contributed by atoms with van der Waals surface area (Å²) in [6, 6.07) is 8.89. The lowest BCUT2D eigenvalue weighted by Gasteiger charge is -2.31. The van der Waals surface area contributed by atoms with Crippen molar-refractivity contribution >= 4 is 0 Å². The zero-order valence-electron chi connectivity index (χ0n) is 13.8. The summed E-state index contributed by atoms with van der Waals surface area (Å²) >= 11 is 0. The Labute approximate surface area is 124 Å². The predicted octanol–water partition coefficient (Wildman–Crippen LogP) is 4.43. The highest BCUT2D eigenvalue weighted by atomic mass is 16.5. The van der Waals surface area contributed by atoms with Gasteiger partial charge in [0.15, 0.2) is 0 Å². The molecule has 0 spiro atoms. The number of aryl methyl sites for hydroxylation is 1. The van der Waals surface area contributed by atoms with Crippen LogP contribution in [-0.2, 0) is 6.42 Å². The van der Waals surface area contributed by atoms with Gasteiger partial charge in [-0.25, -0.2) is 0 Å². The second-order valence-corrected chi connectivity index (χ2v) is 6.58. The Morgan fingerprint density at radius 3 is 2.20 bits per heavy atom. The molecule has 1 N–H and O–H groups in total. The van der Waals surface area contributed by atoms with E-state index in [1.165, 1.54) is 12.0 Å². The van der Waals surface area contributed by atoms with Crippen LogP contribution in [0.25, 0.3) is 0 Å². The fraction of sp³-hybridized carbons (Fsp3) is 0.667. The van der Waals surface area contributed by atoms with E-state index in [0.29, 0.717) is 6.04 Å². The monoisotopic (exact) mass is 277 g/mol. The van der Waals surface area contributed by atoms with Gasteiger partial charge in [-0.1, -0.05) is 53.2 Å². The normalized spacial score (nSPS) is 13.2. The van der Waals surface area contributed by atoms with Crippen LogP contribution in [0.4, 0.5) is 0 Å². The van der Waals surface area contributed by atoms with E-state index in [1.807, 2.05) is 0 Å². The van der Waals surface area contributed by atoms with Gasteiger partial charge >= 0.3 is 0 Å². The van der Waals surface area contributed by atoms with Crippen LogP contribution in [0.2, 0.25) is 0 Å². The lowest BCUT2D eigenvalue weighted by molar-refractivity contribution is 0.174. The first-order chi connectivity index (χ1) is 9.47. The summed E-state index contributed by atoms with van der Waals surface area (Å²) in [5, 5.41) is 3.59. The summed E-state index contributed by atoms with van der Waals surface area (Å²) in [5.74, 6) is 0.970. The van der Waals surface area contributed by atoms with Gasteiger partial charge < -0.3 is 10.1 Å². The molecule has 114 valence electrons. The van der Waals surface area contributed by atoms with Crippen molar-refractivity contribution in [3.8, 4) is 5.75 Å². The van der Waals surface area contributed by atoms with E-state index in [4.69, 9.17) is 4.74 Å². The molecular formula is C18H31NO. The van der Waals surface area contributed by atoms with Gasteiger partial charge in [0.2, 0.25) is 0 Å². The molecule has 0 heterocycles. The molecule has 0 amide bonds. The fourth-order valence-electron chi connectivity index (χ4n) is 2.15. The highest BCUT2D eigenvalue weighted by molar-refractivity contribution is 5.27. The average Bonchev–Trinajstić information content (AvgIpc) is 2.39. The summed E-state index contributed by atoms with van der Waals surface area (Å²) in [6.07, 6.45) is 3.48. The van der Waals surface area contributed by atoms with Crippen molar-refractivity contribution in [3.63, 3.8) is 0 Å². The zero-order valence-corrected chi connectivity index (χ0v) is 13.8. The number of benzene rings is 1.